The summed E-state index contributed by atoms with van der Waals surface area (Å²) in [5.41, 5.74) is -0.868. The average Bonchev–Trinajstić information content (AvgIpc) is 2.42. The Hall–Kier alpha value is -1.54. The molecule has 106 valence electrons. The molecular weight excluding hydrogens is 246 g/mol. The molecule has 1 amide bonds. The van der Waals surface area contributed by atoms with Gasteiger partial charge < -0.3 is 15.2 Å². The van der Waals surface area contributed by atoms with E-state index in [4.69, 9.17) is 11.2 Å². The van der Waals surface area contributed by atoms with Crippen molar-refractivity contribution in [3.05, 3.63) is 0 Å². The number of hydrogen-bond donors (Lipinski definition) is 2. The molecule has 0 aromatic rings. The number of carboxylic acids is 1. The van der Waals surface area contributed by atoms with Crippen LogP contribution in [0.4, 0.5) is 0 Å². The number of carbonyl (C=O) groups excluding carboxylic acids is 1. The van der Waals surface area contributed by atoms with Crippen LogP contribution in [-0.2, 0) is 14.3 Å². The molecular formula is C14H21NO4. The van der Waals surface area contributed by atoms with Gasteiger partial charge in [-0.25, -0.2) is 0 Å². The lowest BCUT2D eigenvalue weighted by atomic mass is 9.80. The monoisotopic (exact) mass is 267 g/mol. The molecule has 1 fully saturated rings. The Morgan fingerprint density at radius 1 is 1.32 bits per heavy atom. The lowest BCUT2D eigenvalue weighted by Crippen LogP contribution is -2.46. The van der Waals surface area contributed by atoms with Crippen molar-refractivity contribution in [1.82, 2.24) is 5.32 Å². The van der Waals surface area contributed by atoms with E-state index in [-0.39, 0.29) is 12.5 Å². The van der Waals surface area contributed by atoms with Crippen LogP contribution in [0.2, 0.25) is 0 Å². The minimum absolute atomic E-state index is 0.107. The summed E-state index contributed by atoms with van der Waals surface area (Å²) in [4.78, 5) is 23.0. The first-order valence-electron chi connectivity index (χ1n) is 6.62. The third-order valence-electron chi connectivity index (χ3n) is 3.50. The average molecular weight is 267 g/mol. The zero-order chi connectivity index (χ0) is 14.1. The third kappa shape index (κ3) is 4.92. The number of nitrogens with one attached hydrogen (secondary N) is 1. The van der Waals surface area contributed by atoms with E-state index >= 15 is 0 Å². The Balaban J connectivity index is 2.34. The van der Waals surface area contributed by atoms with Crippen LogP contribution in [0.5, 0.6) is 0 Å². The van der Waals surface area contributed by atoms with Crippen molar-refractivity contribution < 1.29 is 19.4 Å². The molecule has 2 N–H and O–H groups in total. The van der Waals surface area contributed by atoms with Gasteiger partial charge in [0.25, 0.3) is 0 Å². The fourth-order valence-electron chi connectivity index (χ4n) is 2.10. The molecule has 1 saturated heterocycles. The van der Waals surface area contributed by atoms with E-state index < -0.39 is 11.4 Å². The second kappa shape index (κ2) is 7.80. The van der Waals surface area contributed by atoms with Crippen LogP contribution < -0.4 is 5.32 Å². The van der Waals surface area contributed by atoms with Crippen LogP contribution >= 0.6 is 0 Å². The van der Waals surface area contributed by atoms with Gasteiger partial charge in [0.1, 0.15) is 0 Å². The largest absolute Gasteiger partial charge is 0.481 e. The molecule has 0 radical (unpaired) electrons. The van der Waals surface area contributed by atoms with Gasteiger partial charge in [0.15, 0.2) is 0 Å². The maximum Gasteiger partial charge on any atom is 0.311 e. The quantitative estimate of drug-likeness (QED) is 0.536. The second-order valence-electron chi connectivity index (χ2n) is 4.89. The van der Waals surface area contributed by atoms with E-state index in [1.54, 1.807) is 0 Å². The highest BCUT2D eigenvalue weighted by atomic mass is 16.5. The lowest BCUT2D eigenvalue weighted by molar-refractivity contribution is -0.154. The maximum atomic E-state index is 11.6. The number of rotatable bonds is 7. The Morgan fingerprint density at radius 2 is 2.00 bits per heavy atom. The molecule has 0 spiro atoms. The fraction of sp³-hybridized carbons (Fsp3) is 0.714. The standard InChI is InChI=1S/C14H21NO4/c1-2-3-4-5-6-12(16)15-11-14(13(17)18)7-9-19-10-8-14/h1H,3-11H2,(H,15,16)(H,17,18). The third-order valence-corrected chi connectivity index (χ3v) is 3.50. The van der Waals surface area contributed by atoms with E-state index in [2.05, 4.69) is 11.2 Å². The zero-order valence-corrected chi connectivity index (χ0v) is 11.1. The van der Waals surface area contributed by atoms with Gasteiger partial charge in [-0.1, -0.05) is 0 Å². The van der Waals surface area contributed by atoms with Gasteiger partial charge in [0.2, 0.25) is 5.91 Å². The predicted molar refractivity (Wildman–Crippen MR) is 70.4 cm³/mol. The summed E-state index contributed by atoms with van der Waals surface area (Å²) >= 11 is 0. The van der Waals surface area contributed by atoms with Crippen molar-refractivity contribution in [1.29, 1.82) is 0 Å². The highest BCUT2D eigenvalue weighted by molar-refractivity contribution is 5.79. The van der Waals surface area contributed by atoms with Crippen LogP contribution in [0, 0.1) is 17.8 Å². The number of ether oxygens (including phenoxy) is 1. The lowest BCUT2D eigenvalue weighted by Gasteiger charge is -2.33. The van der Waals surface area contributed by atoms with Gasteiger partial charge in [0.05, 0.1) is 5.41 Å². The molecule has 1 aliphatic rings. The minimum Gasteiger partial charge on any atom is -0.481 e. The molecule has 0 aliphatic carbocycles. The topological polar surface area (TPSA) is 75.6 Å². The molecule has 1 aliphatic heterocycles. The fourth-order valence-corrected chi connectivity index (χ4v) is 2.10. The first-order chi connectivity index (χ1) is 9.10. The van der Waals surface area contributed by atoms with Gasteiger partial charge in [-0.15, -0.1) is 12.3 Å². The molecule has 0 bridgehead atoms. The van der Waals surface area contributed by atoms with Crippen LogP contribution in [0.15, 0.2) is 0 Å². The van der Waals surface area contributed by atoms with Crippen molar-refractivity contribution in [2.45, 2.75) is 38.5 Å². The van der Waals surface area contributed by atoms with Crippen LogP contribution in [0.1, 0.15) is 38.5 Å². The normalized spacial score (nSPS) is 17.4. The van der Waals surface area contributed by atoms with E-state index in [9.17, 15) is 14.7 Å². The van der Waals surface area contributed by atoms with Crippen molar-refractivity contribution >= 4 is 11.9 Å². The molecule has 0 aromatic heterocycles. The molecule has 19 heavy (non-hydrogen) atoms. The van der Waals surface area contributed by atoms with Gasteiger partial charge >= 0.3 is 5.97 Å². The summed E-state index contributed by atoms with van der Waals surface area (Å²) < 4.78 is 5.18. The van der Waals surface area contributed by atoms with Crippen molar-refractivity contribution in [3.63, 3.8) is 0 Å². The van der Waals surface area contributed by atoms with E-state index in [0.29, 0.717) is 38.9 Å². The van der Waals surface area contributed by atoms with Crippen LogP contribution in [0.25, 0.3) is 0 Å². The summed E-state index contributed by atoms with van der Waals surface area (Å²) in [5.74, 6) is 1.56. The second-order valence-corrected chi connectivity index (χ2v) is 4.89. The highest BCUT2D eigenvalue weighted by Gasteiger charge is 2.40. The molecule has 1 rings (SSSR count). The first-order valence-corrected chi connectivity index (χ1v) is 6.62. The number of carboxylic acid groups (broad SMARTS) is 1. The van der Waals surface area contributed by atoms with E-state index in [1.165, 1.54) is 0 Å². The van der Waals surface area contributed by atoms with Gasteiger partial charge in [-0.05, 0) is 25.7 Å². The predicted octanol–water partition coefficient (Wildman–Crippen LogP) is 1.18. The summed E-state index contributed by atoms with van der Waals surface area (Å²) in [6.45, 7) is 1.05. The number of unbranched alkanes of at least 4 members (excludes halogenated alkanes) is 2. The number of amides is 1. The Labute approximate surface area is 113 Å². The molecule has 0 atom stereocenters. The molecule has 0 aromatic carbocycles. The van der Waals surface area contributed by atoms with Crippen LogP contribution in [-0.4, -0.2) is 36.7 Å². The molecule has 0 unspecified atom stereocenters. The number of hydrogen-bond acceptors (Lipinski definition) is 3. The van der Waals surface area contributed by atoms with Gasteiger partial charge in [-0.2, -0.15) is 0 Å². The number of aliphatic carboxylic acids is 1. The Morgan fingerprint density at radius 3 is 2.58 bits per heavy atom. The first kappa shape index (κ1) is 15.5. The van der Waals surface area contributed by atoms with Crippen molar-refractivity contribution in [2.75, 3.05) is 19.8 Å². The SMILES string of the molecule is C#CCCCCC(=O)NCC1(C(=O)O)CCOCC1. The van der Waals surface area contributed by atoms with E-state index in [0.717, 1.165) is 12.8 Å². The Kier molecular flexibility index (Phi) is 6.37. The number of terminal acetylenes is 1. The van der Waals surface area contributed by atoms with Crippen molar-refractivity contribution in [2.24, 2.45) is 5.41 Å². The van der Waals surface area contributed by atoms with Crippen LogP contribution in [0.3, 0.4) is 0 Å². The van der Waals surface area contributed by atoms with E-state index in [1.807, 2.05) is 0 Å². The molecule has 0 saturated carbocycles. The van der Waals surface area contributed by atoms with Gasteiger partial charge in [-0.3, -0.25) is 9.59 Å². The zero-order valence-electron chi connectivity index (χ0n) is 11.1. The minimum atomic E-state index is -0.868. The summed E-state index contributed by atoms with van der Waals surface area (Å²) in [6.07, 6.45) is 8.64. The maximum absolute atomic E-state index is 11.6. The van der Waals surface area contributed by atoms with Crippen molar-refractivity contribution in [3.8, 4) is 12.3 Å². The highest BCUT2D eigenvalue weighted by Crippen LogP contribution is 2.30. The summed E-state index contributed by atoms with van der Waals surface area (Å²) in [5, 5.41) is 12.0. The summed E-state index contributed by atoms with van der Waals surface area (Å²) in [6, 6.07) is 0. The smallest absolute Gasteiger partial charge is 0.311 e. The molecule has 1 heterocycles. The molecule has 5 nitrogen and oxygen atoms in total. The Bertz CT molecular complexity index is 353. The molecule has 5 heteroatoms. The van der Waals surface area contributed by atoms with Gasteiger partial charge in [0, 0.05) is 32.6 Å². The summed E-state index contributed by atoms with van der Waals surface area (Å²) in [7, 11) is 0. The number of carbonyl (C=O) groups is 2.